The summed E-state index contributed by atoms with van der Waals surface area (Å²) in [5.41, 5.74) is 1.57. The van der Waals surface area contributed by atoms with Crippen LogP contribution < -0.4 is 10.1 Å². The zero-order valence-electron chi connectivity index (χ0n) is 18.6. The van der Waals surface area contributed by atoms with Gasteiger partial charge in [-0.3, -0.25) is 9.78 Å². The number of aromatic nitrogens is 1. The number of rotatable bonds is 8. The van der Waals surface area contributed by atoms with Crippen molar-refractivity contribution >= 4 is 17.5 Å². The van der Waals surface area contributed by atoms with Crippen molar-refractivity contribution < 1.29 is 18.3 Å². The number of hydrogen-bond acceptors (Lipinski definition) is 4. The molecule has 0 bridgehead atoms. The van der Waals surface area contributed by atoms with Crippen LogP contribution in [0.3, 0.4) is 0 Å². The first kappa shape index (κ1) is 24.1. The molecule has 2 heterocycles. The fourth-order valence-electron chi connectivity index (χ4n) is 4.21. The summed E-state index contributed by atoms with van der Waals surface area (Å²) < 4.78 is 32.9. The zero-order valence-corrected chi connectivity index (χ0v) is 19.3. The number of piperidine rings is 1. The van der Waals surface area contributed by atoms with Gasteiger partial charge in [0.1, 0.15) is 12.4 Å². The van der Waals surface area contributed by atoms with Crippen molar-refractivity contribution in [3.8, 4) is 5.75 Å². The smallest absolute Gasteiger partial charge is 0.226 e. The molecule has 1 atom stereocenters. The summed E-state index contributed by atoms with van der Waals surface area (Å²) >= 11 is 6.12. The van der Waals surface area contributed by atoms with Crippen molar-refractivity contribution in [2.75, 3.05) is 26.2 Å². The van der Waals surface area contributed by atoms with Crippen LogP contribution in [0.1, 0.15) is 30.1 Å². The molecule has 0 spiro atoms. The minimum atomic E-state index is -0.782. The Kier molecular flexibility index (Phi) is 8.08. The molecule has 2 aromatic carbocycles. The standard InChI is InChI=1S/C26H26ClF2N3O2/c27-20-6-4-18(5-7-20)25(23-3-1-2-12-31-23)32(26(33)19-10-13-30-14-11-19)15-16-34-24-9-8-21(28)17-22(24)29/h1-9,12,17,19,25,30H,10-11,13-16H2. The molecule has 1 aliphatic heterocycles. The highest BCUT2D eigenvalue weighted by Gasteiger charge is 2.33. The fourth-order valence-corrected chi connectivity index (χ4v) is 4.34. The average Bonchev–Trinajstić information content (AvgIpc) is 2.86. The Morgan fingerprint density at radius 3 is 2.56 bits per heavy atom. The Labute approximate surface area is 202 Å². The Balaban J connectivity index is 1.64. The monoisotopic (exact) mass is 485 g/mol. The van der Waals surface area contributed by atoms with E-state index in [2.05, 4.69) is 10.3 Å². The molecule has 0 aliphatic carbocycles. The number of benzene rings is 2. The van der Waals surface area contributed by atoms with Gasteiger partial charge in [-0.25, -0.2) is 8.78 Å². The van der Waals surface area contributed by atoms with Gasteiger partial charge in [0.15, 0.2) is 11.6 Å². The van der Waals surface area contributed by atoms with Gasteiger partial charge < -0.3 is 15.0 Å². The molecule has 1 saturated heterocycles. The third kappa shape index (κ3) is 5.90. The number of carbonyl (C=O) groups excluding carboxylic acids is 1. The van der Waals surface area contributed by atoms with E-state index in [4.69, 9.17) is 16.3 Å². The molecule has 1 fully saturated rings. The van der Waals surface area contributed by atoms with Gasteiger partial charge in [-0.15, -0.1) is 0 Å². The van der Waals surface area contributed by atoms with Crippen LogP contribution in [0.5, 0.6) is 5.75 Å². The third-order valence-corrected chi connectivity index (χ3v) is 6.17. The summed E-state index contributed by atoms with van der Waals surface area (Å²) in [6, 6.07) is 15.6. The van der Waals surface area contributed by atoms with Crippen molar-refractivity contribution in [2.24, 2.45) is 5.92 Å². The van der Waals surface area contributed by atoms with Crippen molar-refractivity contribution in [3.63, 3.8) is 0 Å². The first-order valence-electron chi connectivity index (χ1n) is 11.3. The maximum atomic E-state index is 14.1. The topological polar surface area (TPSA) is 54.5 Å². The van der Waals surface area contributed by atoms with Crippen LogP contribution in [-0.4, -0.2) is 42.0 Å². The van der Waals surface area contributed by atoms with Crippen LogP contribution >= 0.6 is 11.6 Å². The van der Waals surface area contributed by atoms with Crippen molar-refractivity contribution in [1.82, 2.24) is 15.2 Å². The number of halogens is 3. The Morgan fingerprint density at radius 2 is 1.88 bits per heavy atom. The van der Waals surface area contributed by atoms with Gasteiger partial charge in [-0.1, -0.05) is 29.8 Å². The van der Waals surface area contributed by atoms with E-state index >= 15 is 0 Å². The highest BCUT2D eigenvalue weighted by molar-refractivity contribution is 6.30. The molecule has 0 saturated carbocycles. The zero-order chi connectivity index (χ0) is 23.9. The Bertz CT molecular complexity index is 1090. The number of nitrogens with one attached hydrogen (secondary N) is 1. The van der Waals surface area contributed by atoms with E-state index in [9.17, 15) is 13.6 Å². The number of ether oxygens (including phenoxy) is 1. The highest BCUT2D eigenvalue weighted by Crippen LogP contribution is 2.31. The van der Waals surface area contributed by atoms with Crippen molar-refractivity contribution in [3.05, 3.63) is 94.8 Å². The van der Waals surface area contributed by atoms with E-state index in [-0.39, 0.29) is 30.7 Å². The van der Waals surface area contributed by atoms with Gasteiger partial charge in [-0.05, 0) is 67.9 Å². The van der Waals surface area contributed by atoms with Crippen LogP contribution in [-0.2, 0) is 4.79 Å². The summed E-state index contributed by atoms with van der Waals surface area (Å²) in [6.07, 6.45) is 3.16. The molecule has 5 nitrogen and oxygen atoms in total. The second-order valence-corrected chi connectivity index (χ2v) is 8.62. The van der Waals surface area contributed by atoms with E-state index in [1.54, 1.807) is 23.2 Å². The summed E-state index contributed by atoms with van der Waals surface area (Å²) in [4.78, 5) is 20.1. The lowest BCUT2D eigenvalue weighted by atomic mass is 9.93. The van der Waals surface area contributed by atoms with Crippen LogP contribution in [0.15, 0.2) is 66.9 Å². The minimum absolute atomic E-state index is 0.00437. The molecule has 4 rings (SSSR count). The lowest BCUT2D eigenvalue weighted by molar-refractivity contribution is -0.138. The molecule has 178 valence electrons. The number of amides is 1. The summed E-state index contributed by atoms with van der Waals surface area (Å²) in [7, 11) is 0. The molecular formula is C26H26ClF2N3O2. The van der Waals surface area contributed by atoms with Crippen LogP contribution in [0.4, 0.5) is 8.78 Å². The van der Waals surface area contributed by atoms with Crippen LogP contribution in [0.25, 0.3) is 0 Å². The predicted octanol–water partition coefficient (Wildman–Crippen LogP) is 5.01. The molecular weight excluding hydrogens is 460 g/mol. The molecule has 1 aliphatic rings. The molecule has 1 unspecified atom stereocenters. The lowest BCUT2D eigenvalue weighted by Gasteiger charge is -2.35. The second kappa shape index (κ2) is 11.4. The highest BCUT2D eigenvalue weighted by atomic mass is 35.5. The van der Waals surface area contributed by atoms with E-state index in [1.165, 1.54) is 6.07 Å². The van der Waals surface area contributed by atoms with Crippen LogP contribution in [0, 0.1) is 17.6 Å². The predicted molar refractivity (Wildman–Crippen MR) is 127 cm³/mol. The third-order valence-electron chi connectivity index (χ3n) is 5.92. The van der Waals surface area contributed by atoms with E-state index in [0.717, 1.165) is 43.6 Å². The van der Waals surface area contributed by atoms with E-state index < -0.39 is 17.7 Å². The normalized spacial score (nSPS) is 15.0. The average molecular weight is 486 g/mol. The number of pyridine rings is 1. The van der Waals surface area contributed by atoms with E-state index in [0.29, 0.717) is 10.7 Å². The molecule has 0 radical (unpaired) electrons. The lowest BCUT2D eigenvalue weighted by Crippen LogP contribution is -2.45. The number of carbonyl (C=O) groups is 1. The maximum Gasteiger partial charge on any atom is 0.226 e. The minimum Gasteiger partial charge on any atom is -0.489 e. The SMILES string of the molecule is O=C(C1CCNCC1)N(CCOc1ccc(F)cc1F)C(c1ccc(Cl)cc1)c1ccccn1. The molecule has 1 aromatic heterocycles. The second-order valence-electron chi connectivity index (χ2n) is 8.19. The van der Waals surface area contributed by atoms with E-state index in [1.807, 2.05) is 30.3 Å². The molecule has 34 heavy (non-hydrogen) atoms. The van der Waals surface area contributed by atoms with Gasteiger partial charge in [0.05, 0.1) is 18.3 Å². The van der Waals surface area contributed by atoms with Gasteiger partial charge in [0.2, 0.25) is 5.91 Å². The van der Waals surface area contributed by atoms with Gasteiger partial charge in [0.25, 0.3) is 0 Å². The van der Waals surface area contributed by atoms with Gasteiger partial charge in [-0.2, -0.15) is 0 Å². The van der Waals surface area contributed by atoms with Gasteiger partial charge in [0, 0.05) is 23.2 Å². The number of nitrogens with zero attached hydrogens (tertiary/aromatic N) is 2. The Morgan fingerprint density at radius 1 is 1.12 bits per heavy atom. The van der Waals surface area contributed by atoms with Crippen LogP contribution in [0.2, 0.25) is 5.02 Å². The van der Waals surface area contributed by atoms with Gasteiger partial charge >= 0.3 is 0 Å². The maximum absolute atomic E-state index is 14.1. The molecule has 1 amide bonds. The molecule has 8 heteroatoms. The first-order chi connectivity index (χ1) is 16.5. The largest absolute Gasteiger partial charge is 0.489 e. The number of hydrogen-bond donors (Lipinski definition) is 1. The summed E-state index contributed by atoms with van der Waals surface area (Å²) in [5.74, 6) is -1.66. The molecule has 3 aromatic rings. The fraction of sp³-hybridized carbons (Fsp3) is 0.308. The quantitative estimate of drug-likeness (QED) is 0.487. The van der Waals surface area contributed by atoms with Crippen molar-refractivity contribution in [2.45, 2.75) is 18.9 Å². The summed E-state index contributed by atoms with van der Waals surface area (Å²) in [6.45, 7) is 1.78. The summed E-state index contributed by atoms with van der Waals surface area (Å²) in [5, 5.41) is 3.88. The van der Waals surface area contributed by atoms with Crippen molar-refractivity contribution in [1.29, 1.82) is 0 Å². The first-order valence-corrected chi connectivity index (χ1v) is 11.7. The molecule has 1 N–H and O–H groups in total. The Hall–Kier alpha value is -3.03.